The smallest absolute Gasteiger partial charge is 0.305 e. The van der Waals surface area contributed by atoms with E-state index < -0.39 is 22.0 Å². The average molecular weight is 210 g/mol. The average Bonchev–Trinajstić information content (AvgIpc) is 2.14. The molecule has 0 heterocycles. The molecule has 1 fully saturated rings. The highest BCUT2D eigenvalue weighted by molar-refractivity contribution is 5.41. The van der Waals surface area contributed by atoms with Crippen molar-refractivity contribution in [2.75, 3.05) is 0 Å². The second-order valence-corrected chi connectivity index (χ2v) is 3.91. The maximum atomic E-state index is 13.7. The number of nitrogens with two attached hydrogens (primary N) is 1. The van der Waals surface area contributed by atoms with Gasteiger partial charge in [0.25, 0.3) is 0 Å². The minimum Gasteiger partial charge on any atom is -0.321 e. The SMILES string of the molecule is NC1(c2cccc([N+](=O)[O-])c2F)CCC1. The summed E-state index contributed by atoms with van der Waals surface area (Å²) in [7, 11) is 0. The molecule has 1 aromatic carbocycles. The number of benzene rings is 1. The topological polar surface area (TPSA) is 69.2 Å². The molecule has 2 rings (SSSR count). The van der Waals surface area contributed by atoms with E-state index >= 15 is 0 Å². The normalized spacial score (nSPS) is 18.3. The Bertz CT molecular complexity index is 416. The second-order valence-electron chi connectivity index (χ2n) is 3.91. The van der Waals surface area contributed by atoms with Crippen molar-refractivity contribution in [1.82, 2.24) is 0 Å². The largest absolute Gasteiger partial charge is 0.321 e. The molecule has 1 aliphatic carbocycles. The predicted molar refractivity (Wildman–Crippen MR) is 52.8 cm³/mol. The number of halogens is 1. The van der Waals surface area contributed by atoms with Crippen molar-refractivity contribution in [3.8, 4) is 0 Å². The molecule has 0 aromatic heterocycles. The van der Waals surface area contributed by atoms with E-state index in [2.05, 4.69) is 0 Å². The molecular formula is C10H11FN2O2. The summed E-state index contributed by atoms with van der Waals surface area (Å²) in [5.74, 6) is -0.787. The van der Waals surface area contributed by atoms with E-state index in [1.54, 1.807) is 0 Å². The molecule has 0 unspecified atom stereocenters. The van der Waals surface area contributed by atoms with Crippen molar-refractivity contribution in [1.29, 1.82) is 0 Å². The van der Waals surface area contributed by atoms with Crippen molar-refractivity contribution in [3.05, 3.63) is 39.7 Å². The molecule has 4 nitrogen and oxygen atoms in total. The summed E-state index contributed by atoms with van der Waals surface area (Å²) in [5.41, 5.74) is 5.00. The zero-order chi connectivity index (χ0) is 11.1. The van der Waals surface area contributed by atoms with Crippen molar-refractivity contribution in [2.45, 2.75) is 24.8 Å². The fourth-order valence-corrected chi connectivity index (χ4v) is 1.87. The number of hydrogen-bond acceptors (Lipinski definition) is 3. The molecule has 0 spiro atoms. The van der Waals surface area contributed by atoms with Crippen LogP contribution in [-0.2, 0) is 5.54 Å². The molecular weight excluding hydrogens is 199 g/mol. The molecule has 0 amide bonds. The Hall–Kier alpha value is -1.49. The van der Waals surface area contributed by atoms with Gasteiger partial charge >= 0.3 is 5.69 Å². The van der Waals surface area contributed by atoms with Crippen LogP contribution in [0.3, 0.4) is 0 Å². The molecule has 80 valence electrons. The zero-order valence-electron chi connectivity index (χ0n) is 8.07. The standard InChI is InChI=1S/C10H11FN2O2/c11-9-7(10(12)5-2-6-10)3-1-4-8(9)13(14)15/h1,3-4H,2,5-6,12H2. The van der Waals surface area contributed by atoms with Gasteiger partial charge in [-0.3, -0.25) is 10.1 Å². The monoisotopic (exact) mass is 210 g/mol. The first kappa shape index (κ1) is 10.0. The molecule has 0 saturated heterocycles. The lowest BCUT2D eigenvalue weighted by Gasteiger charge is -2.38. The minimum absolute atomic E-state index is 0.267. The number of nitrogens with zero attached hydrogens (tertiary/aromatic N) is 1. The van der Waals surface area contributed by atoms with Gasteiger partial charge in [-0.05, 0) is 19.3 Å². The molecule has 1 saturated carbocycles. The molecule has 5 heteroatoms. The van der Waals surface area contributed by atoms with Crippen LogP contribution in [0.1, 0.15) is 24.8 Å². The molecule has 15 heavy (non-hydrogen) atoms. The molecule has 0 atom stereocenters. The van der Waals surface area contributed by atoms with Gasteiger partial charge in [-0.2, -0.15) is 4.39 Å². The van der Waals surface area contributed by atoms with E-state index in [4.69, 9.17) is 5.73 Å². The van der Waals surface area contributed by atoms with Gasteiger partial charge in [0.05, 0.1) is 4.92 Å². The first-order chi connectivity index (χ1) is 7.04. The van der Waals surface area contributed by atoms with Crippen molar-refractivity contribution < 1.29 is 9.31 Å². The third kappa shape index (κ3) is 1.48. The molecule has 0 aliphatic heterocycles. The molecule has 1 aromatic rings. The Balaban J connectivity index is 2.49. The van der Waals surface area contributed by atoms with E-state index in [1.807, 2.05) is 0 Å². The lowest BCUT2D eigenvalue weighted by Crippen LogP contribution is -2.44. The summed E-state index contributed by atoms with van der Waals surface area (Å²) in [6, 6.07) is 4.16. The van der Waals surface area contributed by atoms with Gasteiger partial charge in [0, 0.05) is 17.2 Å². The summed E-state index contributed by atoms with van der Waals surface area (Å²) in [6.07, 6.45) is 2.31. The van der Waals surface area contributed by atoms with E-state index in [0.717, 1.165) is 12.5 Å². The highest BCUT2D eigenvalue weighted by atomic mass is 19.1. The van der Waals surface area contributed by atoms with Crippen LogP contribution in [0.5, 0.6) is 0 Å². The fraction of sp³-hybridized carbons (Fsp3) is 0.400. The maximum Gasteiger partial charge on any atom is 0.305 e. The van der Waals surface area contributed by atoms with Crippen LogP contribution >= 0.6 is 0 Å². The number of hydrogen-bond donors (Lipinski definition) is 1. The molecule has 0 bridgehead atoms. The van der Waals surface area contributed by atoms with Crippen LogP contribution in [0, 0.1) is 15.9 Å². The van der Waals surface area contributed by atoms with Crippen LogP contribution < -0.4 is 5.73 Å². The summed E-state index contributed by atoms with van der Waals surface area (Å²) in [5, 5.41) is 10.5. The zero-order valence-corrected chi connectivity index (χ0v) is 8.07. The second kappa shape index (κ2) is 3.27. The van der Waals surface area contributed by atoms with Gasteiger partial charge in [-0.25, -0.2) is 0 Å². The third-order valence-electron chi connectivity index (χ3n) is 2.96. The summed E-state index contributed by atoms with van der Waals surface area (Å²) in [4.78, 5) is 9.81. The van der Waals surface area contributed by atoms with Gasteiger partial charge in [-0.15, -0.1) is 0 Å². The van der Waals surface area contributed by atoms with Crippen LogP contribution in [0.15, 0.2) is 18.2 Å². The van der Waals surface area contributed by atoms with E-state index in [9.17, 15) is 14.5 Å². The lowest BCUT2D eigenvalue weighted by atomic mass is 9.72. The predicted octanol–water partition coefficient (Wildman–Crippen LogP) is 2.07. The van der Waals surface area contributed by atoms with Gasteiger partial charge in [-0.1, -0.05) is 12.1 Å². The van der Waals surface area contributed by atoms with Gasteiger partial charge in [0.1, 0.15) is 0 Å². The van der Waals surface area contributed by atoms with Crippen LogP contribution in [0.25, 0.3) is 0 Å². The van der Waals surface area contributed by atoms with E-state index in [1.165, 1.54) is 12.1 Å². The van der Waals surface area contributed by atoms with Crippen molar-refractivity contribution in [3.63, 3.8) is 0 Å². The molecule has 1 aliphatic rings. The number of nitro benzene ring substituents is 1. The lowest BCUT2D eigenvalue weighted by molar-refractivity contribution is -0.387. The first-order valence-corrected chi connectivity index (χ1v) is 4.77. The van der Waals surface area contributed by atoms with Gasteiger partial charge < -0.3 is 5.73 Å². The van der Waals surface area contributed by atoms with Gasteiger partial charge in [0.2, 0.25) is 5.82 Å². The maximum absolute atomic E-state index is 13.7. The van der Waals surface area contributed by atoms with Crippen molar-refractivity contribution in [2.24, 2.45) is 5.73 Å². The summed E-state index contributed by atoms with van der Waals surface area (Å²) in [6.45, 7) is 0. The Morgan fingerprint density at radius 2 is 2.13 bits per heavy atom. The highest BCUT2D eigenvalue weighted by Gasteiger charge is 2.38. The Kier molecular flexibility index (Phi) is 2.19. The van der Waals surface area contributed by atoms with Gasteiger partial charge in [0.15, 0.2) is 0 Å². The van der Waals surface area contributed by atoms with Crippen LogP contribution in [0.2, 0.25) is 0 Å². The fourth-order valence-electron chi connectivity index (χ4n) is 1.87. The molecule has 0 radical (unpaired) electrons. The summed E-state index contributed by atoms with van der Waals surface area (Å²) >= 11 is 0. The molecule has 2 N–H and O–H groups in total. The van der Waals surface area contributed by atoms with E-state index in [-0.39, 0.29) is 5.56 Å². The first-order valence-electron chi connectivity index (χ1n) is 4.77. The van der Waals surface area contributed by atoms with Crippen LogP contribution in [0.4, 0.5) is 10.1 Å². The highest BCUT2D eigenvalue weighted by Crippen LogP contribution is 2.41. The quantitative estimate of drug-likeness (QED) is 0.600. The van der Waals surface area contributed by atoms with Crippen molar-refractivity contribution >= 4 is 5.69 Å². The number of nitro groups is 1. The van der Waals surface area contributed by atoms with Crippen LogP contribution in [-0.4, -0.2) is 4.92 Å². The minimum atomic E-state index is -0.787. The Morgan fingerprint density at radius 3 is 2.60 bits per heavy atom. The number of rotatable bonds is 2. The Morgan fingerprint density at radius 1 is 1.47 bits per heavy atom. The third-order valence-corrected chi connectivity index (χ3v) is 2.96. The Labute approximate surface area is 86.0 Å². The van der Waals surface area contributed by atoms with E-state index in [0.29, 0.717) is 12.8 Å². The summed E-state index contributed by atoms with van der Waals surface area (Å²) < 4.78 is 13.7.